The van der Waals surface area contributed by atoms with E-state index < -0.39 is 0 Å². The Labute approximate surface area is 157 Å². The minimum Gasteiger partial charge on any atom is -0.356 e. The maximum Gasteiger partial charge on any atom is 0.226 e. The van der Waals surface area contributed by atoms with Gasteiger partial charge in [-0.3, -0.25) is 9.79 Å². The van der Waals surface area contributed by atoms with Crippen molar-refractivity contribution in [1.82, 2.24) is 10.6 Å². The van der Waals surface area contributed by atoms with Gasteiger partial charge >= 0.3 is 0 Å². The van der Waals surface area contributed by atoms with Gasteiger partial charge in [-0.1, -0.05) is 22.0 Å². The minimum atomic E-state index is -0.0351. The number of amides is 1. The van der Waals surface area contributed by atoms with Gasteiger partial charge in [0.1, 0.15) is 0 Å². The lowest BCUT2D eigenvalue weighted by Crippen LogP contribution is -2.38. The van der Waals surface area contributed by atoms with Crippen LogP contribution in [-0.4, -0.2) is 32.0 Å². The van der Waals surface area contributed by atoms with Crippen LogP contribution in [0.5, 0.6) is 0 Å². The van der Waals surface area contributed by atoms with Crippen molar-refractivity contribution in [3.8, 4) is 0 Å². The molecule has 0 spiro atoms. The van der Waals surface area contributed by atoms with Crippen molar-refractivity contribution in [1.29, 1.82) is 0 Å². The van der Waals surface area contributed by atoms with Crippen LogP contribution in [0, 0.1) is 6.92 Å². The Morgan fingerprint density at radius 2 is 2.14 bits per heavy atom. The largest absolute Gasteiger partial charge is 0.356 e. The van der Waals surface area contributed by atoms with Gasteiger partial charge in [-0.05, 0) is 30.7 Å². The van der Waals surface area contributed by atoms with Crippen LogP contribution in [0.4, 0.5) is 5.69 Å². The van der Waals surface area contributed by atoms with E-state index in [1.54, 1.807) is 13.1 Å². The smallest absolute Gasteiger partial charge is 0.226 e. The summed E-state index contributed by atoms with van der Waals surface area (Å²) in [5.41, 5.74) is 1.85. The van der Waals surface area contributed by atoms with Crippen LogP contribution in [0.1, 0.15) is 12.0 Å². The molecule has 1 amide bonds. The summed E-state index contributed by atoms with van der Waals surface area (Å²) < 4.78 is 0.997. The molecule has 0 saturated heterocycles. The summed E-state index contributed by atoms with van der Waals surface area (Å²) in [6, 6.07) is 5.76. The summed E-state index contributed by atoms with van der Waals surface area (Å²) in [7, 11) is 1.68. The predicted octanol–water partition coefficient (Wildman–Crippen LogP) is 3.06. The summed E-state index contributed by atoms with van der Waals surface area (Å²) >= 11 is 3.40. The number of benzene rings is 1. The normalized spacial score (nSPS) is 10.4. The van der Waals surface area contributed by atoms with E-state index in [0.29, 0.717) is 25.5 Å². The van der Waals surface area contributed by atoms with Crippen LogP contribution in [0.15, 0.2) is 40.3 Å². The number of nitrogens with one attached hydrogen (secondary N) is 3. The van der Waals surface area contributed by atoms with Gasteiger partial charge in [0.2, 0.25) is 5.91 Å². The molecule has 122 valence electrons. The molecule has 1 aromatic rings. The average molecular weight is 481 g/mol. The number of carbonyl (C=O) groups is 1. The van der Waals surface area contributed by atoms with Gasteiger partial charge in [0.25, 0.3) is 0 Å². The third kappa shape index (κ3) is 7.79. The van der Waals surface area contributed by atoms with Crippen molar-refractivity contribution in [3.63, 3.8) is 0 Å². The highest BCUT2D eigenvalue weighted by Gasteiger charge is 2.05. The highest BCUT2D eigenvalue weighted by molar-refractivity contribution is 14.0. The number of hydrogen-bond donors (Lipinski definition) is 3. The second-order valence-corrected chi connectivity index (χ2v) is 5.34. The molecule has 0 fully saturated rings. The Morgan fingerprint density at radius 1 is 1.41 bits per heavy atom. The van der Waals surface area contributed by atoms with Gasteiger partial charge in [0, 0.05) is 36.7 Å². The van der Waals surface area contributed by atoms with Gasteiger partial charge < -0.3 is 16.0 Å². The number of anilines is 1. The standard InChI is InChI=1S/C15H21BrN4O.HI/c1-4-8-18-15(17-3)19-9-7-14(21)20-13-6-5-12(16)10-11(13)2;/h4-6,10H,1,7-9H2,2-3H3,(H,20,21)(H2,17,18,19);1H. The van der Waals surface area contributed by atoms with Gasteiger partial charge in [-0.25, -0.2) is 0 Å². The van der Waals surface area contributed by atoms with Crippen LogP contribution < -0.4 is 16.0 Å². The Bertz CT molecular complexity index is 534. The Hall–Kier alpha value is -1.09. The van der Waals surface area contributed by atoms with Gasteiger partial charge in [0.05, 0.1) is 0 Å². The predicted molar refractivity (Wildman–Crippen MR) is 107 cm³/mol. The third-order valence-corrected chi connectivity index (χ3v) is 3.24. The molecular weight excluding hydrogens is 459 g/mol. The molecule has 7 heteroatoms. The molecule has 0 aromatic heterocycles. The number of aryl methyl sites for hydroxylation is 1. The first kappa shape index (κ1) is 20.9. The zero-order chi connectivity index (χ0) is 15.7. The van der Waals surface area contributed by atoms with E-state index in [4.69, 9.17) is 0 Å². The zero-order valence-corrected chi connectivity index (χ0v) is 16.7. The second-order valence-electron chi connectivity index (χ2n) is 4.43. The molecule has 3 N–H and O–H groups in total. The Morgan fingerprint density at radius 3 is 2.73 bits per heavy atom. The van der Waals surface area contributed by atoms with Crippen molar-refractivity contribution >= 4 is 57.5 Å². The number of carbonyl (C=O) groups excluding carboxylic acids is 1. The maximum atomic E-state index is 11.9. The number of aliphatic imine (C=N–C) groups is 1. The molecule has 0 aliphatic rings. The fourth-order valence-electron chi connectivity index (χ4n) is 1.66. The number of rotatable bonds is 6. The highest BCUT2D eigenvalue weighted by atomic mass is 127. The van der Waals surface area contributed by atoms with Crippen LogP contribution in [0.2, 0.25) is 0 Å². The molecule has 0 saturated carbocycles. The molecule has 5 nitrogen and oxygen atoms in total. The SMILES string of the molecule is C=CCNC(=NC)NCCC(=O)Nc1ccc(Br)cc1C.I. The van der Waals surface area contributed by atoms with E-state index >= 15 is 0 Å². The Balaban J connectivity index is 0.00000441. The molecule has 1 aromatic carbocycles. The fourth-order valence-corrected chi connectivity index (χ4v) is 2.14. The van der Waals surface area contributed by atoms with Crippen molar-refractivity contribution in [2.24, 2.45) is 4.99 Å². The number of nitrogens with zero attached hydrogens (tertiary/aromatic N) is 1. The Kier molecular flexibility index (Phi) is 10.9. The number of guanidine groups is 1. The van der Waals surface area contributed by atoms with Gasteiger partial charge in [0.15, 0.2) is 5.96 Å². The van der Waals surface area contributed by atoms with Crippen LogP contribution in [0.3, 0.4) is 0 Å². The van der Waals surface area contributed by atoms with Crippen LogP contribution in [-0.2, 0) is 4.79 Å². The van der Waals surface area contributed by atoms with Crippen molar-refractivity contribution < 1.29 is 4.79 Å². The first-order valence-corrected chi connectivity index (χ1v) is 7.47. The highest BCUT2D eigenvalue weighted by Crippen LogP contribution is 2.19. The van der Waals surface area contributed by atoms with E-state index in [9.17, 15) is 4.79 Å². The van der Waals surface area contributed by atoms with Gasteiger partial charge in [-0.15, -0.1) is 30.6 Å². The molecule has 22 heavy (non-hydrogen) atoms. The molecule has 0 aliphatic heterocycles. The molecular formula is C15H22BrIN4O. The molecule has 0 bridgehead atoms. The molecule has 1 rings (SSSR count). The molecule has 0 radical (unpaired) electrons. The van der Waals surface area contributed by atoms with E-state index in [1.807, 2.05) is 25.1 Å². The lowest BCUT2D eigenvalue weighted by Gasteiger charge is -2.11. The molecule has 0 heterocycles. The lowest BCUT2D eigenvalue weighted by molar-refractivity contribution is -0.116. The summed E-state index contributed by atoms with van der Waals surface area (Å²) in [5.74, 6) is 0.620. The second kappa shape index (κ2) is 11.5. The first-order valence-electron chi connectivity index (χ1n) is 6.68. The van der Waals surface area contributed by atoms with E-state index in [0.717, 1.165) is 15.7 Å². The summed E-state index contributed by atoms with van der Waals surface area (Å²) in [6.45, 7) is 6.72. The summed E-state index contributed by atoms with van der Waals surface area (Å²) in [4.78, 5) is 15.9. The quantitative estimate of drug-likeness (QED) is 0.254. The van der Waals surface area contributed by atoms with E-state index in [2.05, 4.69) is 43.5 Å². The van der Waals surface area contributed by atoms with Crippen molar-refractivity contribution in [2.75, 3.05) is 25.5 Å². The van der Waals surface area contributed by atoms with Gasteiger partial charge in [-0.2, -0.15) is 0 Å². The first-order chi connectivity index (χ1) is 10.1. The zero-order valence-electron chi connectivity index (χ0n) is 12.8. The van der Waals surface area contributed by atoms with E-state index in [1.165, 1.54) is 0 Å². The molecule has 0 atom stereocenters. The lowest BCUT2D eigenvalue weighted by atomic mass is 10.2. The third-order valence-electron chi connectivity index (χ3n) is 2.74. The van der Waals surface area contributed by atoms with Crippen LogP contribution in [0.25, 0.3) is 0 Å². The van der Waals surface area contributed by atoms with Crippen molar-refractivity contribution in [2.45, 2.75) is 13.3 Å². The topological polar surface area (TPSA) is 65.5 Å². The summed E-state index contributed by atoms with van der Waals surface area (Å²) in [6.07, 6.45) is 2.11. The van der Waals surface area contributed by atoms with Crippen LogP contribution >= 0.6 is 39.9 Å². The fraction of sp³-hybridized carbons (Fsp3) is 0.333. The summed E-state index contributed by atoms with van der Waals surface area (Å²) in [5, 5.41) is 9.01. The number of hydrogen-bond acceptors (Lipinski definition) is 2. The molecule has 0 unspecified atom stereocenters. The van der Waals surface area contributed by atoms with Crippen molar-refractivity contribution in [3.05, 3.63) is 40.9 Å². The monoisotopic (exact) mass is 480 g/mol. The maximum absolute atomic E-state index is 11.9. The van der Waals surface area contributed by atoms with E-state index in [-0.39, 0.29) is 29.9 Å². The average Bonchev–Trinajstić information content (AvgIpc) is 2.45. The number of halogens is 2. The minimum absolute atomic E-state index is 0. The molecule has 0 aliphatic carbocycles.